The number of ether oxygens (including phenoxy) is 1. The van der Waals surface area contributed by atoms with Gasteiger partial charge in [-0.2, -0.15) is 0 Å². The summed E-state index contributed by atoms with van der Waals surface area (Å²) in [6, 6.07) is 14.6. The quantitative estimate of drug-likeness (QED) is 0.512. The van der Waals surface area contributed by atoms with Crippen LogP contribution in [0.15, 0.2) is 48.5 Å². The smallest absolute Gasteiger partial charge is 0.338 e. The Hall–Kier alpha value is -2.66. The first-order valence-electron chi connectivity index (χ1n) is 10.6. The molecule has 29 heavy (non-hydrogen) atoms. The Kier molecular flexibility index (Phi) is 7.82. The summed E-state index contributed by atoms with van der Waals surface area (Å²) in [5.41, 5.74) is 2.99. The number of nitrogens with one attached hydrogen (secondary N) is 1. The van der Waals surface area contributed by atoms with Gasteiger partial charge in [-0.1, -0.05) is 31.9 Å². The number of hydrogen-bond donors (Lipinski definition) is 1. The van der Waals surface area contributed by atoms with Gasteiger partial charge in [0.2, 0.25) is 0 Å². The first-order valence-corrected chi connectivity index (χ1v) is 10.6. The standard InChI is InChI=1S/C24H30N2O3/c1-2-3-17-29-24(28)21-11-13-22(14-12-21)25-23(27)20-9-7-19(8-10-20)18-26-15-5-4-6-16-26/h7-14H,2-6,15-18H2,1H3,(H,25,27). The predicted molar refractivity (Wildman–Crippen MR) is 115 cm³/mol. The maximum Gasteiger partial charge on any atom is 0.338 e. The normalized spacial score (nSPS) is 14.4. The maximum atomic E-state index is 12.5. The molecule has 1 fully saturated rings. The van der Waals surface area contributed by atoms with E-state index >= 15 is 0 Å². The number of anilines is 1. The number of esters is 1. The number of benzene rings is 2. The van der Waals surface area contributed by atoms with Crippen molar-refractivity contribution < 1.29 is 14.3 Å². The lowest BCUT2D eigenvalue weighted by atomic mass is 10.1. The van der Waals surface area contributed by atoms with Crippen LogP contribution in [-0.2, 0) is 11.3 Å². The van der Waals surface area contributed by atoms with Crippen molar-refractivity contribution in [3.8, 4) is 0 Å². The molecule has 0 atom stereocenters. The molecular formula is C24H30N2O3. The highest BCUT2D eigenvalue weighted by molar-refractivity contribution is 6.04. The third-order valence-corrected chi connectivity index (χ3v) is 5.18. The summed E-state index contributed by atoms with van der Waals surface area (Å²) in [5, 5.41) is 2.88. The number of unbranched alkanes of at least 4 members (excludes halogenated alkanes) is 1. The van der Waals surface area contributed by atoms with Crippen LogP contribution in [0, 0.1) is 0 Å². The van der Waals surface area contributed by atoms with Crippen molar-refractivity contribution >= 4 is 17.6 Å². The number of carbonyl (C=O) groups is 2. The SMILES string of the molecule is CCCCOC(=O)c1ccc(NC(=O)c2ccc(CN3CCCCC3)cc2)cc1. The molecule has 1 amide bonds. The Morgan fingerprint density at radius 1 is 0.931 bits per heavy atom. The number of piperidine rings is 1. The number of hydrogen-bond acceptors (Lipinski definition) is 4. The lowest BCUT2D eigenvalue weighted by Crippen LogP contribution is -2.29. The Balaban J connectivity index is 1.52. The highest BCUT2D eigenvalue weighted by atomic mass is 16.5. The third-order valence-electron chi connectivity index (χ3n) is 5.18. The van der Waals surface area contributed by atoms with Crippen molar-refractivity contribution in [1.29, 1.82) is 0 Å². The van der Waals surface area contributed by atoms with E-state index in [1.54, 1.807) is 24.3 Å². The van der Waals surface area contributed by atoms with Gasteiger partial charge in [0, 0.05) is 17.8 Å². The predicted octanol–water partition coefficient (Wildman–Crippen LogP) is 4.88. The molecule has 0 saturated carbocycles. The van der Waals surface area contributed by atoms with E-state index in [-0.39, 0.29) is 11.9 Å². The molecule has 2 aromatic carbocycles. The zero-order valence-electron chi connectivity index (χ0n) is 17.2. The molecular weight excluding hydrogens is 364 g/mol. The van der Waals surface area contributed by atoms with Crippen LogP contribution in [0.25, 0.3) is 0 Å². The fourth-order valence-electron chi connectivity index (χ4n) is 3.42. The molecule has 1 aliphatic heterocycles. The van der Waals surface area contributed by atoms with Crippen molar-refractivity contribution in [1.82, 2.24) is 4.90 Å². The number of likely N-dealkylation sites (tertiary alicyclic amines) is 1. The van der Waals surface area contributed by atoms with Crippen LogP contribution in [0.2, 0.25) is 0 Å². The average molecular weight is 395 g/mol. The zero-order valence-corrected chi connectivity index (χ0v) is 17.2. The van der Waals surface area contributed by atoms with Crippen LogP contribution in [0.4, 0.5) is 5.69 Å². The minimum absolute atomic E-state index is 0.159. The average Bonchev–Trinajstić information content (AvgIpc) is 2.75. The summed E-state index contributed by atoms with van der Waals surface area (Å²) in [5.74, 6) is -0.492. The maximum absolute atomic E-state index is 12.5. The van der Waals surface area contributed by atoms with Crippen LogP contribution in [0.5, 0.6) is 0 Å². The number of rotatable bonds is 8. The molecule has 2 aromatic rings. The Morgan fingerprint density at radius 3 is 2.24 bits per heavy atom. The lowest BCUT2D eigenvalue weighted by Gasteiger charge is -2.26. The van der Waals surface area contributed by atoms with E-state index in [9.17, 15) is 9.59 Å². The van der Waals surface area contributed by atoms with Crippen LogP contribution in [0.1, 0.15) is 65.3 Å². The summed E-state index contributed by atoms with van der Waals surface area (Å²) in [4.78, 5) is 26.9. The molecule has 1 heterocycles. The molecule has 154 valence electrons. The van der Waals surface area contributed by atoms with Crippen LogP contribution in [-0.4, -0.2) is 36.5 Å². The molecule has 0 aliphatic carbocycles. The van der Waals surface area contributed by atoms with Gasteiger partial charge in [0.05, 0.1) is 12.2 Å². The molecule has 5 heteroatoms. The van der Waals surface area contributed by atoms with Gasteiger partial charge in [-0.15, -0.1) is 0 Å². The summed E-state index contributed by atoms with van der Waals surface area (Å²) >= 11 is 0. The Bertz CT molecular complexity index is 794. The molecule has 3 rings (SSSR count). The third kappa shape index (κ3) is 6.43. The fourth-order valence-corrected chi connectivity index (χ4v) is 3.42. The van der Waals surface area contributed by atoms with E-state index in [4.69, 9.17) is 4.74 Å². The summed E-state index contributed by atoms with van der Waals surface area (Å²) in [6.07, 6.45) is 5.72. The first-order chi connectivity index (χ1) is 14.2. The van der Waals surface area contributed by atoms with Crippen molar-refractivity contribution in [2.75, 3.05) is 25.0 Å². The highest BCUT2D eigenvalue weighted by Gasteiger charge is 2.12. The van der Waals surface area contributed by atoms with E-state index in [1.165, 1.54) is 24.8 Å². The van der Waals surface area contributed by atoms with Gasteiger partial charge in [0.1, 0.15) is 0 Å². The molecule has 0 spiro atoms. The summed E-state index contributed by atoms with van der Waals surface area (Å²) < 4.78 is 5.19. The monoisotopic (exact) mass is 394 g/mol. The van der Waals surface area contributed by atoms with Gasteiger partial charge in [0.25, 0.3) is 5.91 Å². The summed E-state index contributed by atoms with van der Waals surface area (Å²) in [6.45, 7) is 5.74. The molecule has 1 saturated heterocycles. The zero-order chi connectivity index (χ0) is 20.5. The second-order valence-corrected chi connectivity index (χ2v) is 7.55. The van der Waals surface area contributed by atoms with Crippen molar-refractivity contribution in [3.63, 3.8) is 0 Å². The molecule has 5 nitrogen and oxygen atoms in total. The second-order valence-electron chi connectivity index (χ2n) is 7.55. The van der Waals surface area contributed by atoms with E-state index in [0.717, 1.165) is 32.5 Å². The topological polar surface area (TPSA) is 58.6 Å². The van der Waals surface area contributed by atoms with Gasteiger partial charge < -0.3 is 10.1 Å². The number of nitrogens with zero attached hydrogens (tertiary/aromatic N) is 1. The molecule has 1 aliphatic rings. The van der Waals surface area contributed by atoms with Crippen molar-refractivity contribution in [2.45, 2.75) is 45.6 Å². The van der Waals surface area contributed by atoms with E-state index in [2.05, 4.69) is 10.2 Å². The van der Waals surface area contributed by atoms with Crippen LogP contribution in [0.3, 0.4) is 0 Å². The first kappa shape index (κ1) is 21.1. The van der Waals surface area contributed by atoms with E-state index in [0.29, 0.717) is 23.4 Å². The lowest BCUT2D eigenvalue weighted by molar-refractivity contribution is 0.0499. The molecule has 1 N–H and O–H groups in total. The Morgan fingerprint density at radius 2 is 1.59 bits per heavy atom. The van der Waals surface area contributed by atoms with E-state index in [1.807, 2.05) is 31.2 Å². The second kappa shape index (κ2) is 10.8. The summed E-state index contributed by atoms with van der Waals surface area (Å²) in [7, 11) is 0. The van der Waals surface area contributed by atoms with Gasteiger partial charge >= 0.3 is 5.97 Å². The largest absolute Gasteiger partial charge is 0.462 e. The van der Waals surface area contributed by atoms with Gasteiger partial charge in [0.15, 0.2) is 0 Å². The molecule has 0 unspecified atom stereocenters. The van der Waals surface area contributed by atoms with Crippen molar-refractivity contribution in [3.05, 3.63) is 65.2 Å². The van der Waals surface area contributed by atoms with Gasteiger partial charge in [-0.05, 0) is 74.3 Å². The number of carbonyl (C=O) groups excluding carboxylic acids is 2. The van der Waals surface area contributed by atoms with Crippen molar-refractivity contribution in [2.24, 2.45) is 0 Å². The van der Waals surface area contributed by atoms with Crippen LogP contribution < -0.4 is 5.32 Å². The van der Waals surface area contributed by atoms with Gasteiger partial charge in [-0.25, -0.2) is 4.79 Å². The Labute approximate surface area is 173 Å². The van der Waals surface area contributed by atoms with Gasteiger partial charge in [-0.3, -0.25) is 9.69 Å². The molecule has 0 radical (unpaired) electrons. The van der Waals surface area contributed by atoms with Crippen LogP contribution >= 0.6 is 0 Å². The molecule has 0 bridgehead atoms. The highest BCUT2D eigenvalue weighted by Crippen LogP contribution is 2.15. The number of amides is 1. The van der Waals surface area contributed by atoms with E-state index < -0.39 is 0 Å². The fraction of sp³-hybridized carbons (Fsp3) is 0.417. The molecule has 0 aromatic heterocycles. The minimum atomic E-state index is -0.333. The minimum Gasteiger partial charge on any atom is -0.462 e.